The summed E-state index contributed by atoms with van der Waals surface area (Å²) in [6, 6.07) is 17.7. The third-order valence-corrected chi connectivity index (χ3v) is 6.46. The van der Waals surface area contributed by atoms with Crippen LogP contribution in [0, 0.1) is 6.92 Å². The van der Waals surface area contributed by atoms with Crippen LogP contribution in [-0.4, -0.2) is 26.6 Å². The van der Waals surface area contributed by atoms with E-state index in [2.05, 4.69) is 30.8 Å². The molecule has 2 heterocycles. The largest absolute Gasteiger partial charge is 0.324 e. The van der Waals surface area contributed by atoms with Gasteiger partial charge in [-0.25, -0.2) is 10.4 Å². The topological polar surface area (TPSA) is 115 Å². The first kappa shape index (κ1) is 23.6. The molecule has 0 spiro atoms. The molecule has 10 heteroatoms. The summed E-state index contributed by atoms with van der Waals surface area (Å²) < 4.78 is 0. The summed E-state index contributed by atoms with van der Waals surface area (Å²) in [6.45, 7) is 3.60. The Morgan fingerprint density at radius 1 is 0.972 bits per heavy atom. The monoisotopic (exact) mass is 518 g/mol. The van der Waals surface area contributed by atoms with Gasteiger partial charge in [0.15, 0.2) is 0 Å². The number of anilines is 2. The van der Waals surface area contributed by atoms with E-state index in [9.17, 15) is 9.59 Å². The number of aryl methyl sites for hydroxylation is 1. The van der Waals surface area contributed by atoms with Crippen molar-refractivity contribution in [3.8, 4) is 0 Å². The van der Waals surface area contributed by atoms with Crippen LogP contribution >= 0.6 is 23.2 Å². The SMILES string of the molecule is CC(=NNC(=O)c1ccccc1)c1[nH]c(=O)c2c(ccc3[nH]c(Nc4c(Cl)cccc4Cl)nc32)c1C. The highest BCUT2D eigenvalue weighted by Gasteiger charge is 2.17. The lowest BCUT2D eigenvalue weighted by atomic mass is 10.0. The summed E-state index contributed by atoms with van der Waals surface area (Å²) in [5, 5.41) is 9.34. The van der Waals surface area contributed by atoms with E-state index in [-0.39, 0.29) is 11.5 Å². The van der Waals surface area contributed by atoms with Crippen LogP contribution in [0.3, 0.4) is 0 Å². The first-order valence-electron chi connectivity index (χ1n) is 11.0. The number of H-pyrrole nitrogens is 2. The Morgan fingerprint density at radius 2 is 1.69 bits per heavy atom. The Hall–Kier alpha value is -4.14. The highest BCUT2D eigenvalue weighted by molar-refractivity contribution is 6.39. The van der Waals surface area contributed by atoms with Crippen LogP contribution in [0.4, 0.5) is 11.6 Å². The molecule has 0 aliphatic heterocycles. The third kappa shape index (κ3) is 4.32. The zero-order valence-electron chi connectivity index (χ0n) is 19.2. The highest BCUT2D eigenvalue weighted by Crippen LogP contribution is 2.33. The summed E-state index contributed by atoms with van der Waals surface area (Å²) in [4.78, 5) is 36.2. The van der Waals surface area contributed by atoms with Crippen molar-refractivity contribution in [2.45, 2.75) is 13.8 Å². The molecule has 0 aliphatic rings. The van der Waals surface area contributed by atoms with Crippen LogP contribution in [-0.2, 0) is 0 Å². The molecule has 1 amide bonds. The molecule has 0 fully saturated rings. The zero-order chi connectivity index (χ0) is 25.4. The van der Waals surface area contributed by atoms with Gasteiger partial charge in [0, 0.05) is 5.56 Å². The summed E-state index contributed by atoms with van der Waals surface area (Å²) in [5.41, 5.74) is 6.18. The van der Waals surface area contributed by atoms with Crippen molar-refractivity contribution in [2.24, 2.45) is 5.10 Å². The van der Waals surface area contributed by atoms with Crippen molar-refractivity contribution in [1.29, 1.82) is 0 Å². The molecular weight excluding hydrogens is 499 g/mol. The van der Waals surface area contributed by atoms with E-state index in [0.717, 1.165) is 10.9 Å². The molecule has 4 N–H and O–H groups in total. The predicted octanol–water partition coefficient (Wildman–Crippen LogP) is 5.92. The number of aromatic nitrogens is 3. The molecule has 180 valence electrons. The average Bonchev–Trinajstić information content (AvgIpc) is 3.29. The minimum atomic E-state index is -0.340. The standard InChI is InChI=1S/C26H20Cl2N6O2/c1-13-16-11-12-19-23(32-26(29-19)31-22-17(27)9-6-10-18(22)28)20(16)25(36)30-21(13)14(2)33-34-24(35)15-7-4-3-5-8-15/h3-12H,1-2H3,(H,30,36)(H,34,35)(H2,29,31,32). The molecule has 0 unspecified atom stereocenters. The molecule has 5 rings (SSSR count). The number of nitrogens with one attached hydrogen (secondary N) is 4. The van der Waals surface area contributed by atoms with Crippen molar-refractivity contribution in [3.05, 3.63) is 97.9 Å². The molecule has 36 heavy (non-hydrogen) atoms. The van der Waals surface area contributed by atoms with Crippen LogP contribution in [0.2, 0.25) is 10.0 Å². The molecule has 3 aromatic carbocycles. The smallest absolute Gasteiger partial charge is 0.271 e. The number of rotatable bonds is 5. The second-order valence-electron chi connectivity index (χ2n) is 8.15. The van der Waals surface area contributed by atoms with E-state index < -0.39 is 0 Å². The fraction of sp³-hybridized carbons (Fsp3) is 0.0769. The van der Waals surface area contributed by atoms with Gasteiger partial charge in [-0.2, -0.15) is 5.10 Å². The van der Waals surface area contributed by atoms with Gasteiger partial charge < -0.3 is 15.3 Å². The van der Waals surface area contributed by atoms with Gasteiger partial charge in [-0.3, -0.25) is 9.59 Å². The van der Waals surface area contributed by atoms with E-state index in [1.165, 1.54) is 0 Å². The van der Waals surface area contributed by atoms with Crippen molar-refractivity contribution in [1.82, 2.24) is 20.4 Å². The number of carbonyl (C=O) groups excluding carboxylic acids is 1. The summed E-state index contributed by atoms with van der Waals surface area (Å²) >= 11 is 12.5. The number of para-hydroxylation sites is 1. The normalized spacial score (nSPS) is 11.7. The number of nitrogens with zero attached hydrogens (tertiary/aromatic N) is 2. The highest BCUT2D eigenvalue weighted by atomic mass is 35.5. The number of hydrogen-bond donors (Lipinski definition) is 4. The van der Waals surface area contributed by atoms with Gasteiger partial charge in [0.25, 0.3) is 11.5 Å². The Balaban J connectivity index is 1.52. The minimum absolute atomic E-state index is 0.325. The maximum Gasteiger partial charge on any atom is 0.271 e. The number of carbonyl (C=O) groups is 1. The average molecular weight is 519 g/mol. The number of aromatic amines is 2. The lowest BCUT2D eigenvalue weighted by molar-refractivity contribution is 0.0955. The molecule has 0 saturated carbocycles. The second kappa shape index (κ2) is 9.49. The van der Waals surface area contributed by atoms with Crippen molar-refractivity contribution in [2.75, 3.05) is 5.32 Å². The summed E-state index contributed by atoms with van der Waals surface area (Å²) in [6.07, 6.45) is 0. The number of halogens is 2. The van der Waals surface area contributed by atoms with Gasteiger partial charge in [0.2, 0.25) is 5.95 Å². The molecule has 2 aromatic heterocycles. The van der Waals surface area contributed by atoms with E-state index >= 15 is 0 Å². The molecule has 5 aromatic rings. The maximum atomic E-state index is 13.2. The van der Waals surface area contributed by atoms with E-state index in [1.54, 1.807) is 49.4 Å². The number of amides is 1. The van der Waals surface area contributed by atoms with Gasteiger partial charge in [0.1, 0.15) is 5.52 Å². The Kier molecular flexibility index (Phi) is 6.22. The van der Waals surface area contributed by atoms with Crippen LogP contribution < -0.4 is 16.3 Å². The van der Waals surface area contributed by atoms with Gasteiger partial charge in [-0.05, 0) is 55.1 Å². The summed E-state index contributed by atoms with van der Waals surface area (Å²) in [7, 11) is 0. The molecule has 0 aliphatic carbocycles. The van der Waals surface area contributed by atoms with Crippen molar-refractivity contribution >= 4 is 68.3 Å². The van der Waals surface area contributed by atoms with E-state index in [1.807, 2.05) is 25.1 Å². The molecular formula is C26H20Cl2N6O2. The fourth-order valence-corrected chi connectivity index (χ4v) is 4.52. The van der Waals surface area contributed by atoms with Gasteiger partial charge in [-0.1, -0.05) is 53.5 Å². The zero-order valence-corrected chi connectivity index (χ0v) is 20.8. The molecule has 0 atom stereocenters. The lowest BCUT2D eigenvalue weighted by Gasteiger charge is -2.10. The number of benzene rings is 3. The minimum Gasteiger partial charge on any atom is -0.324 e. The Bertz CT molecular complexity index is 1700. The van der Waals surface area contributed by atoms with Crippen molar-refractivity contribution in [3.63, 3.8) is 0 Å². The Labute approximate surface area is 215 Å². The number of pyridine rings is 1. The third-order valence-electron chi connectivity index (χ3n) is 5.83. The predicted molar refractivity (Wildman–Crippen MR) is 145 cm³/mol. The number of hydrogen-bond acceptors (Lipinski definition) is 5. The number of imidazole rings is 1. The number of hydrazone groups is 1. The van der Waals surface area contributed by atoms with Gasteiger partial charge in [0.05, 0.1) is 38.0 Å². The lowest BCUT2D eigenvalue weighted by Crippen LogP contribution is -2.21. The second-order valence-corrected chi connectivity index (χ2v) is 8.96. The molecule has 8 nitrogen and oxygen atoms in total. The molecule has 0 saturated heterocycles. The quantitative estimate of drug-likeness (QED) is 0.171. The van der Waals surface area contributed by atoms with E-state index in [0.29, 0.717) is 55.1 Å². The van der Waals surface area contributed by atoms with Crippen molar-refractivity contribution < 1.29 is 4.79 Å². The van der Waals surface area contributed by atoms with Crippen LogP contribution in [0.5, 0.6) is 0 Å². The number of fused-ring (bicyclic) bond motifs is 3. The van der Waals surface area contributed by atoms with Crippen LogP contribution in [0.1, 0.15) is 28.5 Å². The molecule has 0 radical (unpaired) electrons. The van der Waals surface area contributed by atoms with Gasteiger partial charge in [-0.15, -0.1) is 0 Å². The van der Waals surface area contributed by atoms with Crippen LogP contribution in [0.15, 0.2) is 70.6 Å². The summed E-state index contributed by atoms with van der Waals surface area (Å²) in [5.74, 6) is 0.0580. The van der Waals surface area contributed by atoms with Crippen LogP contribution in [0.25, 0.3) is 21.8 Å². The Morgan fingerprint density at radius 3 is 2.42 bits per heavy atom. The van der Waals surface area contributed by atoms with E-state index in [4.69, 9.17) is 23.2 Å². The first-order chi connectivity index (χ1) is 17.3. The molecule has 0 bridgehead atoms. The first-order valence-corrected chi connectivity index (χ1v) is 11.8. The maximum absolute atomic E-state index is 13.2. The fourth-order valence-electron chi connectivity index (χ4n) is 4.02. The van der Waals surface area contributed by atoms with Gasteiger partial charge >= 0.3 is 0 Å².